The van der Waals surface area contributed by atoms with E-state index < -0.39 is 11.6 Å². The van der Waals surface area contributed by atoms with Gasteiger partial charge in [0.05, 0.1) is 12.4 Å². The summed E-state index contributed by atoms with van der Waals surface area (Å²) in [4.78, 5) is 18.8. The lowest BCUT2D eigenvalue weighted by atomic mass is 9.94. The number of aliphatic hydroxyl groups excluding tert-OH is 1. The molecule has 1 heterocycles. The number of aliphatic hydroxyl groups is 1. The molecule has 2 atom stereocenters. The largest absolute Gasteiger partial charge is 0.396 e. The zero-order valence-corrected chi connectivity index (χ0v) is 10.9. The lowest BCUT2D eigenvalue weighted by molar-refractivity contribution is -0.124. The first kappa shape index (κ1) is 14.7. The van der Waals surface area contributed by atoms with E-state index in [2.05, 4.69) is 15.3 Å². The number of aromatic amines is 1. The van der Waals surface area contributed by atoms with Crippen LogP contribution < -0.4 is 11.1 Å². The number of nitrogens with two attached hydrogens (primary N) is 1. The van der Waals surface area contributed by atoms with Gasteiger partial charge in [-0.25, -0.2) is 4.98 Å². The molecule has 102 valence electrons. The van der Waals surface area contributed by atoms with Gasteiger partial charge in [-0.1, -0.05) is 6.92 Å². The molecule has 1 rings (SSSR count). The van der Waals surface area contributed by atoms with E-state index in [1.165, 1.54) is 0 Å². The molecule has 0 bridgehead atoms. The van der Waals surface area contributed by atoms with Crippen LogP contribution in [0.4, 0.5) is 0 Å². The predicted octanol–water partition coefficient (Wildman–Crippen LogP) is -0.0532. The van der Waals surface area contributed by atoms with Crippen molar-refractivity contribution in [3.8, 4) is 0 Å². The summed E-state index contributed by atoms with van der Waals surface area (Å²) in [5, 5.41) is 11.9. The second kappa shape index (κ2) is 6.51. The first-order valence-corrected chi connectivity index (χ1v) is 6.16. The second-order valence-electron chi connectivity index (χ2n) is 4.76. The number of H-pyrrole nitrogens is 1. The van der Waals surface area contributed by atoms with E-state index in [0.29, 0.717) is 12.8 Å². The molecule has 5 N–H and O–H groups in total. The van der Waals surface area contributed by atoms with Gasteiger partial charge < -0.3 is 21.1 Å². The molecule has 0 saturated heterocycles. The van der Waals surface area contributed by atoms with Crippen molar-refractivity contribution in [3.63, 3.8) is 0 Å². The fourth-order valence-electron chi connectivity index (χ4n) is 1.69. The number of nitrogens with one attached hydrogen (secondary N) is 2. The molecule has 0 spiro atoms. The monoisotopic (exact) mass is 254 g/mol. The van der Waals surface area contributed by atoms with Gasteiger partial charge in [-0.15, -0.1) is 0 Å². The van der Waals surface area contributed by atoms with Crippen LogP contribution in [0.5, 0.6) is 0 Å². The van der Waals surface area contributed by atoms with Gasteiger partial charge in [0, 0.05) is 30.5 Å². The summed E-state index contributed by atoms with van der Waals surface area (Å²) in [5.74, 6) is -0.206. The Labute approximate surface area is 107 Å². The zero-order valence-electron chi connectivity index (χ0n) is 10.9. The van der Waals surface area contributed by atoms with Crippen molar-refractivity contribution in [2.24, 2.45) is 5.73 Å². The average molecular weight is 254 g/mol. The van der Waals surface area contributed by atoms with Crippen LogP contribution in [0.25, 0.3) is 0 Å². The molecule has 0 saturated carbocycles. The Kier molecular flexibility index (Phi) is 5.30. The lowest BCUT2D eigenvalue weighted by Gasteiger charge is -2.30. The van der Waals surface area contributed by atoms with E-state index in [-0.39, 0.29) is 12.5 Å². The van der Waals surface area contributed by atoms with E-state index in [9.17, 15) is 4.79 Å². The van der Waals surface area contributed by atoms with E-state index in [4.69, 9.17) is 10.8 Å². The molecule has 1 aromatic rings. The number of hydrogen-bond donors (Lipinski definition) is 4. The molecule has 0 radical (unpaired) electrons. The van der Waals surface area contributed by atoms with Gasteiger partial charge in [-0.3, -0.25) is 4.79 Å². The summed E-state index contributed by atoms with van der Waals surface area (Å²) in [6.07, 6.45) is 4.90. The van der Waals surface area contributed by atoms with Crippen LogP contribution in [-0.2, 0) is 11.2 Å². The van der Waals surface area contributed by atoms with Crippen molar-refractivity contribution in [3.05, 3.63) is 18.2 Å². The predicted molar refractivity (Wildman–Crippen MR) is 68.8 cm³/mol. The molecular formula is C12H22N4O2. The molecule has 2 unspecified atom stereocenters. The Morgan fingerprint density at radius 1 is 1.72 bits per heavy atom. The number of rotatable bonds is 7. The van der Waals surface area contributed by atoms with Gasteiger partial charge in [0.25, 0.3) is 0 Å². The number of carbonyl (C=O) groups is 1. The minimum Gasteiger partial charge on any atom is -0.396 e. The third-order valence-corrected chi connectivity index (χ3v) is 3.20. The summed E-state index contributed by atoms with van der Waals surface area (Å²) in [7, 11) is 0. The van der Waals surface area contributed by atoms with E-state index in [1.54, 1.807) is 12.5 Å². The van der Waals surface area contributed by atoms with Crippen LogP contribution in [0.3, 0.4) is 0 Å². The highest BCUT2D eigenvalue weighted by atomic mass is 16.3. The van der Waals surface area contributed by atoms with Crippen LogP contribution >= 0.6 is 0 Å². The number of aromatic nitrogens is 2. The molecule has 0 aliphatic heterocycles. The third-order valence-electron chi connectivity index (χ3n) is 3.20. The molecule has 0 aliphatic carbocycles. The van der Waals surface area contributed by atoms with Crippen LogP contribution in [0.2, 0.25) is 0 Å². The van der Waals surface area contributed by atoms with Crippen molar-refractivity contribution in [1.82, 2.24) is 15.3 Å². The highest BCUT2D eigenvalue weighted by Crippen LogP contribution is 2.14. The Morgan fingerprint density at radius 3 is 2.94 bits per heavy atom. The number of carbonyl (C=O) groups excluding carboxylic acids is 1. The second-order valence-corrected chi connectivity index (χ2v) is 4.76. The first-order chi connectivity index (χ1) is 8.50. The third kappa shape index (κ3) is 4.12. The maximum Gasteiger partial charge on any atom is 0.237 e. The summed E-state index contributed by atoms with van der Waals surface area (Å²) in [6.45, 7) is 3.92. The van der Waals surface area contributed by atoms with Gasteiger partial charge in [0.1, 0.15) is 0 Å². The fourth-order valence-corrected chi connectivity index (χ4v) is 1.69. The number of hydrogen-bond acceptors (Lipinski definition) is 4. The molecule has 1 amide bonds. The topological polar surface area (TPSA) is 104 Å². The van der Waals surface area contributed by atoms with Crippen molar-refractivity contribution in [2.75, 3.05) is 6.61 Å². The zero-order chi connectivity index (χ0) is 13.6. The molecule has 6 heteroatoms. The Morgan fingerprint density at radius 2 is 2.44 bits per heavy atom. The van der Waals surface area contributed by atoms with Crippen LogP contribution in [0.15, 0.2) is 12.5 Å². The molecule has 0 fully saturated rings. The normalized spacial score (nSPS) is 16.0. The molecular weight excluding hydrogens is 232 g/mol. The minimum absolute atomic E-state index is 0.0421. The summed E-state index contributed by atoms with van der Waals surface area (Å²) < 4.78 is 0. The van der Waals surface area contributed by atoms with E-state index in [0.717, 1.165) is 12.1 Å². The highest BCUT2D eigenvalue weighted by molar-refractivity contribution is 5.82. The lowest BCUT2D eigenvalue weighted by Crippen LogP contribution is -2.52. The van der Waals surface area contributed by atoms with Gasteiger partial charge in [0.15, 0.2) is 0 Å². The summed E-state index contributed by atoms with van der Waals surface area (Å²) in [6, 6.07) is -0.616. The average Bonchev–Trinajstić information content (AvgIpc) is 2.82. The van der Waals surface area contributed by atoms with E-state index in [1.807, 2.05) is 13.8 Å². The minimum atomic E-state index is -0.616. The molecule has 0 aliphatic rings. The van der Waals surface area contributed by atoms with Crippen molar-refractivity contribution < 1.29 is 9.90 Å². The quantitative estimate of drug-likeness (QED) is 0.547. The summed E-state index contributed by atoms with van der Waals surface area (Å²) >= 11 is 0. The highest BCUT2D eigenvalue weighted by Gasteiger charge is 2.26. The number of amides is 1. The number of imidazole rings is 1. The van der Waals surface area contributed by atoms with Gasteiger partial charge >= 0.3 is 0 Å². The molecule has 6 nitrogen and oxygen atoms in total. The molecule has 0 aromatic carbocycles. The van der Waals surface area contributed by atoms with Crippen molar-refractivity contribution >= 4 is 5.91 Å². The maximum absolute atomic E-state index is 12.0. The van der Waals surface area contributed by atoms with Gasteiger partial charge in [-0.2, -0.15) is 0 Å². The first-order valence-electron chi connectivity index (χ1n) is 6.16. The van der Waals surface area contributed by atoms with Gasteiger partial charge in [-0.05, 0) is 19.8 Å². The fraction of sp³-hybridized carbons (Fsp3) is 0.667. The number of nitrogens with zero attached hydrogens (tertiary/aromatic N) is 1. The molecule has 18 heavy (non-hydrogen) atoms. The Bertz CT molecular complexity index is 366. The standard InChI is InChI=1S/C12H22N4O2/c1-3-12(2,4-5-17)16-11(18)10(13)6-9-7-14-8-15-9/h7-8,10,17H,3-6,13H2,1-2H3,(H,14,15)(H,16,18). The summed E-state index contributed by atoms with van der Waals surface area (Å²) in [5.41, 5.74) is 6.27. The van der Waals surface area contributed by atoms with Crippen molar-refractivity contribution in [1.29, 1.82) is 0 Å². The Balaban J connectivity index is 2.53. The van der Waals surface area contributed by atoms with Gasteiger partial charge in [0.2, 0.25) is 5.91 Å². The SMILES string of the molecule is CCC(C)(CCO)NC(=O)C(N)Cc1cnc[nH]1. The smallest absolute Gasteiger partial charge is 0.237 e. The van der Waals surface area contributed by atoms with Crippen LogP contribution in [0.1, 0.15) is 32.4 Å². The maximum atomic E-state index is 12.0. The van der Waals surface area contributed by atoms with Crippen LogP contribution in [0, 0.1) is 0 Å². The molecule has 1 aromatic heterocycles. The Hall–Kier alpha value is -1.40. The van der Waals surface area contributed by atoms with E-state index >= 15 is 0 Å². The van der Waals surface area contributed by atoms with Crippen LogP contribution in [-0.4, -0.2) is 39.2 Å². The van der Waals surface area contributed by atoms with Crippen molar-refractivity contribution in [2.45, 2.75) is 44.7 Å².